The zero-order valence-corrected chi connectivity index (χ0v) is 12.4. The number of amides is 1. The van der Waals surface area contributed by atoms with Crippen molar-refractivity contribution >= 4 is 17.3 Å². The molecule has 1 unspecified atom stereocenters. The van der Waals surface area contributed by atoms with Crippen LogP contribution < -0.4 is 10.6 Å². The Hall–Kier alpha value is -1.95. The second-order valence-corrected chi connectivity index (χ2v) is 5.57. The molecule has 0 aromatic heterocycles. The topological polar surface area (TPSA) is 84.3 Å². The van der Waals surface area contributed by atoms with Gasteiger partial charge in [-0.1, -0.05) is 19.4 Å². The molecule has 1 aromatic carbocycles. The van der Waals surface area contributed by atoms with Crippen LogP contribution in [0, 0.1) is 17.0 Å². The maximum atomic E-state index is 12.5. The van der Waals surface area contributed by atoms with Gasteiger partial charge in [-0.25, -0.2) is 0 Å². The minimum atomic E-state index is -0.533. The summed E-state index contributed by atoms with van der Waals surface area (Å²) in [5.41, 5.74) is 0.549. The monoisotopic (exact) mass is 291 g/mol. The maximum absolute atomic E-state index is 12.5. The van der Waals surface area contributed by atoms with Crippen molar-refractivity contribution in [2.24, 2.45) is 0 Å². The highest BCUT2D eigenvalue weighted by atomic mass is 16.6. The predicted octanol–water partition coefficient (Wildman–Crippen LogP) is 2.76. The Morgan fingerprint density at radius 3 is 2.86 bits per heavy atom. The first-order valence-corrected chi connectivity index (χ1v) is 7.30. The number of nitrogens with zero attached hydrogens (tertiary/aromatic N) is 1. The molecule has 1 saturated heterocycles. The van der Waals surface area contributed by atoms with E-state index in [-0.39, 0.29) is 11.6 Å². The zero-order valence-electron chi connectivity index (χ0n) is 12.4. The Morgan fingerprint density at radius 1 is 1.52 bits per heavy atom. The summed E-state index contributed by atoms with van der Waals surface area (Å²) in [5, 5.41) is 17.1. The summed E-state index contributed by atoms with van der Waals surface area (Å²) >= 11 is 0. The standard InChI is InChI=1S/C15H21N3O3/c1-3-7-15(8-4-9-16-15)14(19)17-12-6-5-11(2)13(10-12)18(20)21/h5-6,10,16H,3-4,7-9H2,1-2H3,(H,17,19). The van der Waals surface area contributed by atoms with Crippen molar-refractivity contribution < 1.29 is 9.72 Å². The van der Waals surface area contributed by atoms with E-state index < -0.39 is 10.5 Å². The molecule has 1 amide bonds. The number of aryl methyl sites for hydroxylation is 1. The van der Waals surface area contributed by atoms with Crippen LogP contribution in [0.3, 0.4) is 0 Å². The van der Waals surface area contributed by atoms with Crippen LogP contribution in [0.15, 0.2) is 18.2 Å². The molecule has 2 N–H and O–H groups in total. The molecule has 0 radical (unpaired) electrons. The fraction of sp³-hybridized carbons (Fsp3) is 0.533. The SMILES string of the molecule is CCCC1(C(=O)Nc2ccc(C)c([N+](=O)[O-])c2)CCCN1. The molecule has 1 atom stereocenters. The molecule has 1 aliphatic heterocycles. The molecule has 1 heterocycles. The lowest BCUT2D eigenvalue weighted by Gasteiger charge is -2.27. The van der Waals surface area contributed by atoms with Gasteiger partial charge in [-0.2, -0.15) is 0 Å². The lowest BCUT2D eigenvalue weighted by atomic mass is 9.90. The molecule has 0 saturated carbocycles. The van der Waals surface area contributed by atoms with E-state index in [0.29, 0.717) is 11.3 Å². The van der Waals surface area contributed by atoms with E-state index in [9.17, 15) is 14.9 Å². The van der Waals surface area contributed by atoms with Crippen LogP contribution in [0.4, 0.5) is 11.4 Å². The number of rotatable bonds is 5. The van der Waals surface area contributed by atoms with Gasteiger partial charge >= 0.3 is 0 Å². The van der Waals surface area contributed by atoms with E-state index in [1.54, 1.807) is 19.1 Å². The summed E-state index contributed by atoms with van der Waals surface area (Å²) in [5.74, 6) is -0.0972. The summed E-state index contributed by atoms with van der Waals surface area (Å²) in [6.07, 6.45) is 3.46. The lowest BCUT2D eigenvalue weighted by molar-refractivity contribution is -0.385. The summed E-state index contributed by atoms with van der Waals surface area (Å²) in [4.78, 5) is 23.1. The second-order valence-electron chi connectivity index (χ2n) is 5.57. The van der Waals surface area contributed by atoms with Crippen LogP contribution >= 0.6 is 0 Å². The van der Waals surface area contributed by atoms with Gasteiger partial charge in [0.05, 0.1) is 10.5 Å². The summed E-state index contributed by atoms with van der Waals surface area (Å²) in [6.45, 7) is 4.56. The largest absolute Gasteiger partial charge is 0.324 e. The molecular formula is C15H21N3O3. The van der Waals surface area contributed by atoms with Crippen molar-refractivity contribution in [1.29, 1.82) is 0 Å². The Morgan fingerprint density at radius 2 is 2.29 bits per heavy atom. The van der Waals surface area contributed by atoms with E-state index in [2.05, 4.69) is 10.6 Å². The van der Waals surface area contributed by atoms with E-state index in [1.165, 1.54) is 6.07 Å². The predicted molar refractivity (Wildman–Crippen MR) is 81.3 cm³/mol. The number of hydrogen-bond acceptors (Lipinski definition) is 4. The molecule has 1 aliphatic rings. The number of nitro benzene ring substituents is 1. The number of nitrogens with one attached hydrogen (secondary N) is 2. The Bertz CT molecular complexity index is 551. The first-order valence-electron chi connectivity index (χ1n) is 7.30. The van der Waals surface area contributed by atoms with Crippen LogP contribution in [-0.2, 0) is 4.79 Å². The molecule has 21 heavy (non-hydrogen) atoms. The summed E-state index contributed by atoms with van der Waals surface area (Å²) < 4.78 is 0. The van der Waals surface area contributed by atoms with Gasteiger partial charge in [-0.3, -0.25) is 14.9 Å². The van der Waals surface area contributed by atoms with Crippen molar-refractivity contribution in [3.8, 4) is 0 Å². The molecule has 1 aromatic rings. The van der Waals surface area contributed by atoms with Gasteiger partial charge in [0.25, 0.3) is 5.69 Å². The van der Waals surface area contributed by atoms with Crippen molar-refractivity contribution in [2.45, 2.75) is 45.1 Å². The molecule has 6 heteroatoms. The Labute approximate surface area is 124 Å². The van der Waals surface area contributed by atoms with E-state index >= 15 is 0 Å². The van der Waals surface area contributed by atoms with Crippen molar-refractivity contribution in [3.05, 3.63) is 33.9 Å². The molecule has 0 spiro atoms. The van der Waals surface area contributed by atoms with Crippen LogP contribution in [0.1, 0.15) is 38.2 Å². The highest BCUT2D eigenvalue weighted by molar-refractivity contribution is 5.98. The van der Waals surface area contributed by atoms with Crippen molar-refractivity contribution in [3.63, 3.8) is 0 Å². The summed E-state index contributed by atoms with van der Waals surface area (Å²) in [6, 6.07) is 4.78. The van der Waals surface area contributed by atoms with Gasteiger partial charge in [-0.05, 0) is 38.8 Å². The summed E-state index contributed by atoms with van der Waals surface area (Å²) in [7, 11) is 0. The smallest absolute Gasteiger partial charge is 0.274 e. The van der Waals surface area contributed by atoms with Gasteiger partial charge in [0.2, 0.25) is 5.91 Å². The number of hydrogen-bond donors (Lipinski definition) is 2. The van der Waals surface area contributed by atoms with Gasteiger partial charge < -0.3 is 10.6 Å². The molecule has 0 aliphatic carbocycles. The average molecular weight is 291 g/mol. The van der Waals surface area contributed by atoms with E-state index in [4.69, 9.17) is 0 Å². The quantitative estimate of drug-likeness (QED) is 0.645. The number of anilines is 1. The Kier molecular flexibility index (Phi) is 4.57. The van der Waals surface area contributed by atoms with Crippen LogP contribution in [-0.4, -0.2) is 22.9 Å². The first kappa shape index (κ1) is 15.4. The third kappa shape index (κ3) is 3.21. The van der Waals surface area contributed by atoms with E-state index in [0.717, 1.165) is 32.2 Å². The number of carbonyl (C=O) groups excluding carboxylic acids is 1. The number of benzene rings is 1. The van der Waals surface area contributed by atoms with Gasteiger partial charge in [-0.15, -0.1) is 0 Å². The van der Waals surface area contributed by atoms with Gasteiger partial charge in [0, 0.05) is 17.3 Å². The molecular weight excluding hydrogens is 270 g/mol. The van der Waals surface area contributed by atoms with Crippen LogP contribution in [0.25, 0.3) is 0 Å². The molecule has 1 fully saturated rings. The van der Waals surface area contributed by atoms with Crippen molar-refractivity contribution in [2.75, 3.05) is 11.9 Å². The Balaban J connectivity index is 2.19. The van der Waals surface area contributed by atoms with Crippen molar-refractivity contribution in [1.82, 2.24) is 5.32 Å². The lowest BCUT2D eigenvalue weighted by Crippen LogP contribution is -2.50. The highest BCUT2D eigenvalue weighted by Gasteiger charge is 2.39. The number of nitro groups is 1. The first-order chi connectivity index (χ1) is 9.98. The third-order valence-corrected chi connectivity index (χ3v) is 4.02. The van der Waals surface area contributed by atoms with Crippen LogP contribution in [0.5, 0.6) is 0 Å². The molecule has 114 valence electrons. The normalized spacial score (nSPS) is 21.2. The highest BCUT2D eigenvalue weighted by Crippen LogP contribution is 2.28. The minimum absolute atomic E-state index is 0.0247. The zero-order chi connectivity index (χ0) is 15.5. The maximum Gasteiger partial charge on any atom is 0.274 e. The fourth-order valence-electron chi connectivity index (χ4n) is 2.89. The fourth-order valence-corrected chi connectivity index (χ4v) is 2.89. The number of carbonyl (C=O) groups is 1. The molecule has 2 rings (SSSR count). The average Bonchev–Trinajstić information content (AvgIpc) is 2.91. The minimum Gasteiger partial charge on any atom is -0.324 e. The molecule has 6 nitrogen and oxygen atoms in total. The van der Waals surface area contributed by atoms with Crippen LogP contribution in [0.2, 0.25) is 0 Å². The van der Waals surface area contributed by atoms with E-state index in [1.807, 2.05) is 6.92 Å². The molecule has 0 bridgehead atoms. The van der Waals surface area contributed by atoms with Gasteiger partial charge in [0.1, 0.15) is 0 Å². The second kappa shape index (κ2) is 6.22. The van der Waals surface area contributed by atoms with Gasteiger partial charge in [0.15, 0.2) is 0 Å². The third-order valence-electron chi connectivity index (χ3n) is 4.02.